The fraction of sp³-hybridized carbons (Fsp3) is 0.571. The summed E-state index contributed by atoms with van der Waals surface area (Å²) in [5.41, 5.74) is 1.00. The Labute approximate surface area is 135 Å². The third-order valence-corrected chi connectivity index (χ3v) is 3.99. The van der Waals surface area contributed by atoms with Crippen LogP contribution in [0.1, 0.15) is 37.3 Å². The van der Waals surface area contributed by atoms with Crippen molar-refractivity contribution in [2.24, 2.45) is 0 Å². The van der Waals surface area contributed by atoms with Crippen molar-refractivity contribution in [3.05, 3.63) is 18.1 Å². The van der Waals surface area contributed by atoms with Gasteiger partial charge < -0.3 is 10.6 Å². The maximum Gasteiger partial charge on any atom is 0.249 e. The van der Waals surface area contributed by atoms with Gasteiger partial charge in [0, 0.05) is 12.3 Å². The lowest BCUT2D eigenvalue weighted by molar-refractivity contribution is -0.133. The Balaban J connectivity index is 0.00000176. The SMILES string of the molecule is Cl.O=C1CCC(Nc2cnc(C3CCNCC3)cn2)C(=O)N1. The number of halogens is 1. The summed E-state index contributed by atoms with van der Waals surface area (Å²) in [6.07, 6.45) is 6.45. The Morgan fingerprint density at radius 1 is 1.09 bits per heavy atom. The van der Waals surface area contributed by atoms with Crippen molar-refractivity contribution >= 4 is 30.0 Å². The smallest absolute Gasteiger partial charge is 0.249 e. The topological polar surface area (TPSA) is 96.0 Å². The molecule has 3 rings (SSSR count). The number of piperidine rings is 2. The van der Waals surface area contributed by atoms with E-state index in [4.69, 9.17) is 0 Å². The van der Waals surface area contributed by atoms with Gasteiger partial charge in [-0.15, -0.1) is 12.4 Å². The zero-order chi connectivity index (χ0) is 14.7. The molecule has 1 aromatic heterocycles. The maximum absolute atomic E-state index is 11.7. The van der Waals surface area contributed by atoms with Crippen LogP contribution < -0.4 is 16.0 Å². The average molecular weight is 326 g/mol. The number of rotatable bonds is 3. The molecule has 1 unspecified atom stereocenters. The van der Waals surface area contributed by atoms with E-state index in [0.29, 0.717) is 24.6 Å². The van der Waals surface area contributed by atoms with E-state index in [2.05, 4.69) is 25.9 Å². The normalized spacial score (nSPS) is 22.6. The monoisotopic (exact) mass is 325 g/mol. The predicted molar refractivity (Wildman–Crippen MR) is 83.9 cm³/mol. The maximum atomic E-state index is 11.7. The van der Waals surface area contributed by atoms with Crippen molar-refractivity contribution in [3.63, 3.8) is 0 Å². The number of hydrogen-bond acceptors (Lipinski definition) is 6. The van der Waals surface area contributed by atoms with Crippen LogP contribution in [-0.2, 0) is 9.59 Å². The zero-order valence-electron chi connectivity index (χ0n) is 12.2. The number of aromatic nitrogens is 2. The van der Waals surface area contributed by atoms with E-state index in [1.54, 1.807) is 12.4 Å². The van der Waals surface area contributed by atoms with Gasteiger partial charge in [-0.3, -0.25) is 19.9 Å². The van der Waals surface area contributed by atoms with Crippen LogP contribution in [0.25, 0.3) is 0 Å². The number of hydrogen-bond donors (Lipinski definition) is 3. The molecule has 120 valence electrons. The van der Waals surface area contributed by atoms with Crippen molar-refractivity contribution < 1.29 is 9.59 Å². The Kier molecular flexibility index (Phi) is 5.68. The fourth-order valence-electron chi connectivity index (χ4n) is 2.75. The van der Waals surface area contributed by atoms with Crippen LogP contribution in [-0.4, -0.2) is 40.9 Å². The van der Waals surface area contributed by atoms with Crippen LogP contribution in [0.15, 0.2) is 12.4 Å². The number of nitrogens with one attached hydrogen (secondary N) is 3. The van der Waals surface area contributed by atoms with Gasteiger partial charge in [0.05, 0.1) is 18.1 Å². The third kappa shape index (κ3) is 3.92. The molecule has 0 bridgehead atoms. The van der Waals surface area contributed by atoms with E-state index < -0.39 is 6.04 Å². The highest BCUT2D eigenvalue weighted by Gasteiger charge is 2.26. The van der Waals surface area contributed by atoms with E-state index in [1.165, 1.54) is 0 Å². The largest absolute Gasteiger partial charge is 0.357 e. The van der Waals surface area contributed by atoms with E-state index in [-0.39, 0.29) is 24.2 Å². The number of imide groups is 1. The lowest BCUT2D eigenvalue weighted by Crippen LogP contribution is -2.47. The van der Waals surface area contributed by atoms with E-state index in [1.807, 2.05) is 0 Å². The van der Waals surface area contributed by atoms with Crippen molar-refractivity contribution in [2.75, 3.05) is 18.4 Å². The first kappa shape index (κ1) is 16.6. The number of nitrogens with zero attached hydrogens (tertiary/aromatic N) is 2. The third-order valence-electron chi connectivity index (χ3n) is 3.99. The predicted octanol–water partition coefficient (Wildman–Crippen LogP) is 0.582. The molecule has 2 aliphatic rings. The summed E-state index contributed by atoms with van der Waals surface area (Å²) in [5.74, 6) is 0.520. The van der Waals surface area contributed by atoms with Gasteiger partial charge in [0.15, 0.2) is 0 Å². The molecule has 0 aliphatic carbocycles. The van der Waals surface area contributed by atoms with Crippen LogP contribution in [0, 0.1) is 0 Å². The minimum absolute atomic E-state index is 0. The van der Waals surface area contributed by atoms with E-state index in [0.717, 1.165) is 31.6 Å². The van der Waals surface area contributed by atoms with Crippen LogP contribution in [0.4, 0.5) is 5.82 Å². The number of carbonyl (C=O) groups is 2. The molecule has 2 amide bonds. The Bertz CT molecular complexity index is 531. The first-order valence-corrected chi connectivity index (χ1v) is 7.35. The molecular weight excluding hydrogens is 306 g/mol. The van der Waals surface area contributed by atoms with Crippen molar-refractivity contribution in [1.29, 1.82) is 0 Å². The molecule has 2 aliphatic heterocycles. The fourth-order valence-corrected chi connectivity index (χ4v) is 2.75. The second-order valence-electron chi connectivity index (χ2n) is 5.50. The molecule has 3 heterocycles. The van der Waals surface area contributed by atoms with Gasteiger partial charge in [0.25, 0.3) is 0 Å². The Morgan fingerprint density at radius 2 is 1.86 bits per heavy atom. The van der Waals surface area contributed by atoms with E-state index in [9.17, 15) is 9.59 Å². The van der Waals surface area contributed by atoms with Gasteiger partial charge >= 0.3 is 0 Å². The lowest BCUT2D eigenvalue weighted by Gasteiger charge is -2.23. The van der Waals surface area contributed by atoms with Crippen LogP contribution in [0.2, 0.25) is 0 Å². The highest BCUT2D eigenvalue weighted by Crippen LogP contribution is 2.23. The van der Waals surface area contributed by atoms with Gasteiger partial charge in [-0.1, -0.05) is 0 Å². The van der Waals surface area contributed by atoms with Gasteiger partial charge in [0.2, 0.25) is 11.8 Å². The minimum Gasteiger partial charge on any atom is -0.357 e. The van der Waals surface area contributed by atoms with Gasteiger partial charge in [-0.2, -0.15) is 0 Å². The quantitative estimate of drug-likeness (QED) is 0.704. The summed E-state index contributed by atoms with van der Waals surface area (Å²) in [6.45, 7) is 2.03. The number of amides is 2. The first-order chi connectivity index (χ1) is 10.2. The van der Waals surface area contributed by atoms with Crippen LogP contribution in [0.3, 0.4) is 0 Å². The summed E-state index contributed by atoms with van der Waals surface area (Å²) in [7, 11) is 0. The molecule has 0 aromatic carbocycles. The van der Waals surface area contributed by atoms with Gasteiger partial charge in [0.1, 0.15) is 11.9 Å². The zero-order valence-corrected chi connectivity index (χ0v) is 13.0. The molecule has 0 radical (unpaired) electrons. The molecular formula is C14H20ClN5O2. The molecule has 0 saturated carbocycles. The molecule has 3 N–H and O–H groups in total. The molecule has 8 heteroatoms. The highest BCUT2D eigenvalue weighted by atomic mass is 35.5. The summed E-state index contributed by atoms with van der Waals surface area (Å²) < 4.78 is 0. The van der Waals surface area contributed by atoms with Gasteiger partial charge in [-0.05, 0) is 32.4 Å². The molecule has 7 nitrogen and oxygen atoms in total. The van der Waals surface area contributed by atoms with E-state index >= 15 is 0 Å². The molecule has 2 fully saturated rings. The average Bonchev–Trinajstić information content (AvgIpc) is 2.52. The number of anilines is 1. The summed E-state index contributed by atoms with van der Waals surface area (Å²) >= 11 is 0. The molecule has 0 spiro atoms. The van der Waals surface area contributed by atoms with Crippen molar-refractivity contribution in [1.82, 2.24) is 20.6 Å². The van der Waals surface area contributed by atoms with Crippen LogP contribution in [0.5, 0.6) is 0 Å². The lowest BCUT2D eigenvalue weighted by atomic mass is 9.95. The van der Waals surface area contributed by atoms with Crippen molar-refractivity contribution in [3.8, 4) is 0 Å². The summed E-state index contributed by atoms with van der Waals surface area (Å²) in [4.78, 5) is 31.6. The summed E-state index contributed by atoms with van der Waals surface area (Å²) in [5, 5.41) is 8.67. The molecule has 1 atom stereocenters. The number of carbonyl (C=O) groups excluding carboxylic acids is 2. The Morgan fingerprint density at radius 3 is 2.50 bits per heavy atom. The molecule has 1 aromatic rings. The second-order valence-corrected chi connectivity index (χ2v) is 5.50. The minimum atomic E-state index is -0.415. The Hall–Kier alpha value is -1.73. The van der Waals surface area contributed by atoms with Crippen molar-refractivity contribution in [2.45, 2.75) is 37.6 Å². The molecule has 22 heavy (non-hydrogen) atoms. The first-order valence-electron chi connectivity index (χ1n) is 7.35. The highest BCUT2D eigenvalue weighted by molar-refractivity contribution is 6.01. The summed E-state index contributed by atoms with van der Waals surface area (Å²) in [6, 6.07) is -0.415. The standard InChI is InChI=1S/C14H19N5O2.ClH/c20-13-2-1-10(14(21)19-13)18-12-8-16-11(7-17-12)9-3-5-15-6-4-9;/h7-10,15H,1-6H2,(H,17,18)(H,19,20,21);1H. The van der Waals surface area contributed by atoms with Gasteiger partial charge in [-0.25, -0.2) is 4.98 Å². The second kappa shape index (κ2) is 7.51. The molecule has 2 saturated heterocycles. The van der Waals surface area contributed by atoms with Crippen LogP contribution >= 0.6 is 12.4 Å².